The lowest BCUT2D eigenvalue weighted by Crippen LogP contribution is -2.53. The van der Waals surface area contributed by atoms with E-state index in [1.807, 2.05) is 55.5 Å². The van der Waals surface area contributed by atoms with Crippen LogP contribution >= 0.6 is 11.3 Å². The molecular formula is C30H27N5O4S. The molecule has 0 radical (unpaired) electrons. The van der Waals surface area contributed by atoms with Crippen molar-refractivity contribution in [1.29, 1.82) is 0 Å². The van der Waals surface area contributed by atoms with Crippen LogP contribution in [-0.2, 0) is 4.79 Å². The molecule has 202 valence electrons. The highest BCUT2D eigenvalue weighted by molar-refractivity contribution is 7.21. The molecule has 1 saturated heterocycles. The number of carbonyl (C=O) groups excluding carboxylic acids is 3. The molecule has 0 spiro atoms. The van der Waals surface area contributed by atoms with E-state index in [0.717, 1.165) is 10.9 Å². The van der Waals surface area contributed by atoms with Crippen LogP contribution in [0.25, 0.3) is 10.2 Å². The van der Waals surface area contributed by atoms with Crippen LogP contribution in [0.3, 0.4) is 0 Å². The zero-order valence-electron chi connectivity index (χ0n) is 21.9. The van der Waals surface area contributed by atoms with Crippen molar-refractivity contribution >= 4 is 56.5 Å². The summed E-state index contributed by atoms with van der Waals surface area (Å²) in [6.45, 7) is 6.47. The van der Waals surface area contributed by atoms with Crippen molar-refractivity contribution in [2.75, 3.05) is 22.9 Å². The van der Waals surface area contributed by atoms with Gasteiger partial charge in [-0.05, 0) is 67.8 Å². The highest BCUT2D eigenvalue weighted by Gasteiger charge is 2.42. The first kappa shape index (κ1) is 25.6. The van der Waals surface area contributed by atoms with Gasteiger partial charge in [-0.1, -0.05) is 24.8 Å². The number of aromatic nitrogens is 1. The Bertz CT molecular complexity index is 1660. The first-order valence-corrected chi connectivity index (χ1v) is 13.8. The maximum Gasteiger partial charge on any atom is 0.333 e. The molecule has 4 heterocycles. The summed E-state index contributed by atoms with van der Waals surface area (Å²) in [5.74, 6) is 0.630. The average Bonchev–Trinajstić information content (AvgIpc) is 3.35. The zero-order valence-corrected chi connectivity index (χ0v) is 22.7. The van der Waals surface area contributed by atoms with Gasteiger partial charge in [-0.15, -0.1) is 11.3 Å². The van der Waals surface area contributed by atoms with Crippen LogP contribution in [0, 0.1) is 6.92 Å². The largest absolute Gasteiger partial charge is 0.457 e. The van der Waals surface area contributed by atoms with Gasteiger partial charge in [0.1, 0.15) is 21.2 Å². The topological polar surface area (TPSA) is 109 Å². The molecule has 10 heteroatoms. The molecule has 2 aliphatic heterocycles. The minimum atomic E-state index is -0.604. The number of anilines is 3. The number of nitrogens with zero attached hydrogens (tertiary/aromatic N) is 4. The molecule has 0 bridgehead atoms. The van der Waals surface area contributed by atoms with Gasteiger partial charge in [0.2, 0.25) is 5.91 Å². The number of para-hydroxylation sites is 1. The molecule has 2 N–H and O–H groups in total. The van der Waals surface area contributed by atoms with Crippen molar-refractivity contribution in [3.63, 3.8) is 0 Å². The van der Waals surface area contributed by atoms with Gasteiger partial charge in [0.25, 0.3) is 5.91 Å². The Labute approximate surface area is 235 Å². The number of likely N-dealkylation sites (tertiary alicyclic amines) is 1. The van der Waals surface area contributed by atoms with Crippen molar-refractivity contribution < 1.29 is 19.1 Å². The number of benzene rings is 2. The van der Waals surface area contributed by atoms with E-state index in [4.69, 9.17) is 10.5 Å². The molecule has 1 fully saturated rings. The third-order valence-electron chi connectivity index (χ3n) is 7.35. The molecule has 4 amide bonds. The highest BCUT2D eigenvalue weighted by Crippen LogP contribution is 2.50. The fourth-order valence-corrected chi connectivity index (χ4v) is 6.50. The fraction of sp³-hybridized carbons (Fsp3) is 0.200. The van der Waals surface area contributed by atoms with Crippen LogP contribution in [0.5, 0.6) is 11.5 Å². The van der Waals surface area contributed by atoms with E-state index in [1.165, 1.54) is 17.4 Å². The minimum Gasteiger partial charge on any atom is -0.457 e. The Hall–Kier alpha value is -4.70. The van der Waals surface area contributed by atoms with Gasteiger partial charge >= 0.3 is 6.03 Å². The number of pyridine rings is 1. The number of piperidine rings is 1. The van der Waals surface area contributed by atoms with Gasteiger partial charge in [0, 0.05) is 25.3 Å². The maximum absolute atomic E-state index is 14.5. The van der Waals surface area contributed by atoms with Crippen LogP contribution in [0.4, 0.5) is 21.9 Å². The monoisotopic (exact) mass is 553 g/mol. The number of nitrogens with two attached hydrogens (primary N) is 1. The second kappa shape index (κ2) is 10.1. The molecule has 4 aromatic rings. The minimum absolute atomic E-state index is 0.135. The van der Waals surface area contributed by atoms with E-state index in [9.17, 15) is 14.4 Å². The number of aryl methyl sites for hydroxylation is 1. The number of amides is 4. The molecule has 2 aromatic heterocycles. The maximum atomic E-state index is 14.5. The van der Waals surface area contributed by atoms with E-state index in [-0.39, 0.29) is 18.0 Å². The van der Waals surface area contributed by atoms with E-state index >= 15 is 0 Å². The van der Waals surface area contributed by atoms with Crippen LogP contribution in [0.15, 0.2) is 73.4 Å². The molecule has 2 aromatic carbocycles. The van der Waals surface area contributed by atoms with E-state index in [2.05, 4.69) is 11.6 Å². The lowest BCUT2D eigenvalue weighted by Gasteiger charge is -2.43. The number of urea groups is 1. The molecule has 0 atom stereocenters. The smallest absolute Gasteiger partial charge is 0.333 e. The Morgan fingerprint density at radius 1 is 1.07 bits per heavy atom. The number of hydrogen-bond acceptors (Lipinski definition) is 6. The SMILES string of the molecule is C=CC(=O)N1CCC(N2C(=O)N(c3ccc(Oc4ccccc4)cc3C)c3ccnc4sc(C(N)=O)c2c34)CC1. The van der Waals surface area contributed by atoms with Gasteiger partial charge in [-0.3, -0.25) is 19.4 Å². The van der Waals surface area contributed by atoms with Crippen LogP contribution in [-0.4, -0.2) is 46.9 Å². The summed E-state index contributed by atoms with van der Waals surface area (Å²) in [7, 11) is 0. The average molecular weight is 554 g/mol. The van der Waals surface area contributed by atoms with Gasteiger partial charge in [0.15, 0.2) is 0 Å². The molecule has 0 unspecified atom stereocenters. The first-order chi connectivity index (χ1) is 19.4. The van der Waals surface area contributed by atoms with Gasteiger partial charge in [0.05, 0.1) is 22.4 Å². The standard InChI is InChI=1S/C30H27N5O4S/c1-3-24(36)33-15-12-19(13-16-33)34-26-25-23(11-14-32-29(25)40-27(26)28(31)37)35(30(34)38)22-10-9-21(17-18(22)2)39-20-7-5-4-6-8-20/h3-11,14,17,19H,1,12-13,15-16H2,2H3,(H2,31,37). The molecular weight excluding hydrogens is 526 g/mol. The number of carbonyl (C=O) groups is 3. The van der Waals surface area contributed by atoms with Crippen molar-refractivity contribution in [2.24, 2.45) is 5.73 Å². The van der Waals surface area contributed by atoms with E-state index < -0.39 is 5.91 Å². The van der Waals surface area contributed by atoms with Crippen molar-refractivity contribution in [3.8, 4) is 11.5 Å². The summed E-state index contributed by atoms with van der Waals surface area (Å²) >= 11 is 1.19. The van der Waals surface area contributed by atoms with Gasteiger partial charge in [-0.25, -0.2) is 9.78 Å². The fourth-order valence-electron chi connectivity index (χ4n) is 5.49. The quantitative estimate of drug-likeness (QED) is 0.306. The predicted octanol–water partition coefficient (Wildman–Crippen LogP) is 5.75. The number of primary amides is 1. The first-order valence-electron chi connectivity index (χ1n) is 13.0. The van der Waals surface area contributed by atoms with Crippen LogP contribution in [0.1, 0.15) is 28.1 Å². The second-order valence-corrected chi connectivity index (χ2v) is 10.8. The predicted molar refractivity (Wildman–Crippen MR) is 156 cm³/mol. The number of thiophene rings is 1. The lowest BCUT2D eigenvalue weighted by molar-refractivity contribution is -0.126. The molecule has 0 saturated carbocycles. The van der Waals surface area contributed by atoms with Gasteiger partial charge in [-0.2, -0.15) is 0 Å². The summed E-state index contributed by atoms with van der Waals surface area (Å²) < 4.78 is 6.01. The van der Waals surface area contributed by atoms with Gasteiger partial charge < -0.3 is 15.4 Å². The van der Waals surface area contributed by atoms with E-state index in [0.29, 0.717) is 64.2 Å². The zero-order chi connectivity index (χ0) is 28.0. The van der Waals surface area contributed by atoms with Crippen molar-refractivity contribution in [1.82, 2.24) is 9.88 Å². The summed E-state index contributed by atoms with van der Waals surface area (Å²) in [6.07, 6.45) is 4.04. The van der Waals surface area contributed by atoms with Crippen molar-refractivity contribution in [2.45, 2.75) is 25.8 Å². The lowest BCUT2D eigenvalue weighted by atomic mass is 9.99. The Kier molecular flexibility index (Phi) is 6.47. The molecule has 9 nitrogen and oxygen atoms in total. The number of rotatable bonds is 6. The molecule has 2 aliphatic rings. The third-order valence-corrected chi connectivity index (χ3v) is 8.45. The summed E-state index contributed by atoms with van der Waals surface area (Å²) in [5.41, 5.74) is 8.49. The second-order valence-electron chi connectivity index (χ2n) is 9.77. The Balaban J connectivity index is 1.44. The van der Waals surface area contributed by atoms with E-state index in [1.54, 1.807) is 27.0 Å². The number of ether oxygens (including phenoxy) is 1. The molecule has 40 heavy (non-hydrogen) atoms. The summed E-state index contributed by atoms with van der Waals surface area (Å²) in [4.78, 5) is 49.8. The molecule has 0 aliphatic carbocycles. The Morgan fingerprint density at radius 3 is 2.50 bits per heavy atom. The normalized spacial score (nSPS) is 15.4. The van der Waals surface area contributed by atoms with Crippen LogP contribution in [0.2, 0.25) is 0 Å². The highest BCUT2D eigenvalue weighted by atomic mass is 32.1. The molecule has 6 rings (SSSR count). The summed E-state index contributed by atoms with van der Waals surface area (Å²) in [5, 5.41) is 0.717. The third kappa shape index (κ3) is 4.26. The number of hydrogen-bond donors (Lipinski definition) is 1. The van der Waals surface area contributed by atoms with Crippen LogP contribution < -0.4 is 20.3 Å². The Morgan fingerprint density at radius 2 is 1.82 bits per heavy atom. The summed E-state index contributed by atoms with van der Waals surface area (Å²) in [6, 6.07) is 16.4. The van der Waals surface area contributed by atoms with Crippen molar-refractivity contribution in [3.05, 3.63) is 83.9 Å².